The normalized spacial score (nSPS) is 12.5. The molecule has 29 heavy (non-hydrogen) atoms. The van der Waals surface area contributed by atoms with Gasteiger partial charge >= 0.3 is 5.97 Å². The predicted octanol–water partition coefficient (Wildman–Crippen LogP) is 1.88. The Labute approximate surface area is 165 Å². The summed E-state index contributed by atoms with van der Waals surface area (Å²) in [6, 6.07) is 8.93. The largest absolute Gasteiger partial charge is 0.497 e. The summed E-state index contributed by atoms with van der Waals surface area (Å²) in [6.07, 6.45) is 6.32. The third kappa shape index (κ3) is 3.30. The molecule has 0 atom stereocenters. The van der Waals surface area contributed by atoms with Crippen molar-refractivity contribution in [2.24, 2.45) is 0 Å². The number of aromatic nitrogens is 3. The van der Waals surface area contributed by atoms with Gasteiger partial charge in [0.05, 0.1) is 30.7 Å². The first-order chi connectivity index (χ1) is 14.1. The Morgan fingerprint density at radius 1 is 1.31 bits per heavy atom. The van der Waals surface area contributed by atoms with Crippen LogP contribution < -0.4 is 10.6 Å². The first-order valence-electron chi connectivity index (χ1n) is 8.75. The van der Waals surface area contributed by atoms with E-state index in [1.807, 2.05) is 18.2 Å². The molecule has 0 fully saturated rings. The quantitative estimate of drug-likeness (QED) is 0.679. The van der Waals surface area contributed by atoms with Gasteiger partial charge in [-0.05, 0) is 24.6 Å². The lowest BCUT2D eigenvalue weighted by Gasteiger charge is -2.00. The van der Waals surface area contributed by atoms with Gasteiger partial charge < -0.3 is 19.0 Å². The van der Waals surface area contributed by atoms with Crippen LogP contribution in [0.2, 0.25) is 0 Å². The monoisotopic (exact) mass is 388 g/mol. The summed E-state index contributed by atoms with van der Waals surface area (Å²) in [5.41, 5.74) is 1.83. The van der Waals surface area contributed by atoms with Gasteiger partial charge in [-0.15, -0.1) is 0 Å². The summed E-state index contributed by atoms with van der Waals surface area (Å²) < 4.78 is 15.5. The van der Waals surface area contributed by atoms with Crippen molar-refractivity contribution in [2.75, 3.05) is 14.2 Å². The Balaban J connectivity index is 1.79. The van der Waals surface area contributed by atoms with Crippen molar-refractivity contribution in [3.8, 4) is 29.0 Å². The maximum atomic E-state index is 11.7. The summed E-state index contributed by atoms with van der Waals surface area (Å²) in [6.45, 7) is 0. The number of methoxy groups -OCH3 is 2. The first kappa shape index (κ1) is 18.3. The van der Waals surface area contributed by atoms with Gasteiger partial charge in [-0.2, -0.15) is 10.2 Å². The third-order valence-corrected chi connectivity index (χ3v) is 4.53. The minimum Gasteiger partial charge on any atom is -0.497 e. The van der Waals surface area contributed by atoms with Crippen LogP contribution in [0.15, 0.2) is 40.6 Å². The number of carbonyl (C=O) groups is 1. The molecular weight excluding hydrogens is 372 g/mol. The van der Waals surface area contributed by atoms with Crippen molar-refractivity contribution in [2.45, 2.75) is 6.42 Å². The molecule has 0 saturated heterocycles. The van der Waals surface area contributed by atoms with E-state index in [0.29, 0.717) is 40.4 Å². The Hall–Kier alpha value is -4.12. The highest BCUT2D eigenvalue weighted by Gasteiger charge is 2.19. The Bertz CT molecular complexity index is 1290. The lowest BCUT2D eigenvalue weighted by Crippen LogP contribution is -2.23. The number of benzene rings is 1. The van der Waals surface area contributed by atoms with E-state index in [1.165, 1.54) is 7.11 Å². The van der Waals surface area contributed by atoms with E-state index in [9.17, 15) is 10.1 Å². The number of nitriles is 1. The fourth-order valence-electron chi connectivity index (χ4n) is 3.12. The van der Waals surface area contributed by atoms with E-state index in [-0.39, 0.29) is 5.89 Å². The van der Waals surface area contributed by atoms with E-state index in [4.69, 9.17) is 14.0 Å². The van der Waals surface area contributed by atoms with E-state index in [1.54, 1.807) is 31.4 Å². The number of hydrogen-bond donors (Lipinski definition) is 1. The van der Waals surface area contributed by atoms with Crippen molar-refractivity contribution in [1.29, 1.82) is 5.26 Å². The highest BCUT2D eigenvalue weighted by atomic mass is 16.5. The fourth-order valence-corrected chi connectivity index (χ4v) is 3.12. The van der Waals surface area contributed by atoms with Crippen LogP contribution in [0.1, 0.15) is 22.3 Å². The molecule has 8 nitrogen and oxygen atoms in total. The number of ether oxygens (including phenoxy) is 2. The highest BCUT2D eigenvalue weighted by molar-refractivity contribution is 5.90. The van der Waals surface area contributed by atoms with Crippen LogP contribution >= 0.6 is 0 Å². The second-order valence-corrected chi connectivity index (χ2v) is 6.20. The molecule has 3 aromatic rings. The van der Waals surface area contributed by atoms with Crippen molar-refractivity contribution < 1.29 is 18.8 Å². The molecule has 1 aliphatic carbocycles. The van der Waals surface area contributed by atoms with Gasteiger partial charge in [0.2, 0.25) is 5.82 Å². The molecule has 0 aliphatic heterocycles. The summed E-state index contributed by atoms with van der Waals surface area (Å²) in [4.78, 5) is 19.3. The Morgan fingerprint density at radius 2 is 2.17 bits per heavy atom. The summed E-state index contributed by atoms with van der Waals surface area (Å²) in [5, 5.41) is 15.2. The highest BCUT2D eigenvalue weighted by Crippen LogP contribution is 2.23. The van der Waals surface area contributed by atoms with E-state index < -0.39 is 5.97 Å². The molecule has 1 aliphatic rings. The Kier molecular flexibility index (Phi) is 4.71. The first-order valence-corrected chi connectivity index (χ1v) is 8.75. The fraction of sp³-hybridized carbons (Fsp3) is 0.143. The zero-order valence-electron chi connectivity index (χ0n) is 15.7. The van der Waals surface area contributed by atoms with Gasteiger partial charge in [-0.25, -0.2) is 4.79 Å². The van der Waals surface area contributed by atoms with Crippen molar-refractivity contribution in [3.05, 3.63) is 57.8 Å². The number of nitrogens with zero attached hydrogens (tertiary/aromatic N) is 3. The van der Waals surface area contributed by atoms with Gasteiger partial charge in [0.1, 0.15) is 17.5 Å². The molecule has 144 valence electrons. The van der Waals surface area contributed by atoms with Crippen LogP contribution in [0.5, 0.6) is 0 Å². The van der Waals surface area contributed by atoms with Gasteiger partial charge in [-0.3, -0.25) is 0 Å². The molecule has 1 N–H and O–H groups in total. The van der Waals surface area contributed by atoms with Crippen LogP contribution in [0.4, 0.5) is 0 Å². The number of fused-ring (bicyclic) bond motifs is 1. The second kappa shape index (κ2) is 7.48. The predicted molar refractivity (Wildman–Crippen MR) is 103 cm³/mol. The molecule has 0 amide bonds. The maximum absolute atomic E-state index is 11.7. The number of allylic oxidation sites excluding steroid dienone is 2. The van der Waals surface area contributed by atoms with Crippen molar-refractivity contribution in [1.82, 2.24) is 15.1 Å². The lowest BCUT2D eigenvalue weighted by atomic mass is 10.1. The number of rotatable bonds is 4. The summed E-state index contributed by atoms with van der Waals surface area (Å²) in [7, 11) is 2.91. The second-order valence-electron chi connectivity index (χ2n) is 6.20. The van der Waals surface area contributed by atoms with Crippen LogP contribution in [0.25, 0.3) is 35.1 Å². The van der Waals surface area contributed by atoms with E-state index in [2.05, 4.69) is 21.2 Å². The molecular formula is C21H16N4O4. The molecule has 2 heterocycles. The molecule has 0 bridgehead atoms. The van der Waals surface area contributed by atoms with Crippen LogP contribution in [-0.4, -0.2) is 35.3 Å². The molecule has 0 saturated carbocycles. The minimum absolute atomic E-state index is 0.179. The molecule has 0 unspecified atom stereocenters. The van der Waals surface area contributed by atoms with Gasteiger partial charge in [0.25, 0.3) is 5.89 Å². The van der Waals surface area contributed by atoms with Crippen LogP contribution in [0.3, 0.4) is 0 Å². The van der Waals surface area contributed by atoms with Gasteiger partial charge in [0.15, 0.2) is 0 Å². The summed E-state index contributed by atoms with van der Waals surface area (Å²) >= 11 is 0. The number of aromatic amines is 1. The SMILES string of the molecule is COC(=O)c1cccc(-c2noc(-c3[nH]c4c(c3C#N)=CCC=C(OC)C=4)n2)c1. The number of H-pyrrole nitrogens is 1. The lowest BCUT2D eigenvalue weighted by molar-refractivity contribution is 0.0601. The number of nitrogens with one attached hydrogen (secondary N) is 1. The van der Waals surface area contributed by atoms with E-state index >= 15 is 0 Å². The molecule has 0 spiro atoms. The molecule has 0 radical (unpaired) electrons. The zero-order valence-corrected chi connectivity index (χ0v) is 15.7. The zero-order chi connectivity index (χ0) is 20.4. The molecule has 4 rings (SSSR count). The molecule has 8 heteroatoms. The summed E-state index contributed by atoms with van der Waals surface area (Å²) in [5.74, 6) is 0.717. The van der Waals surface area contributed by atoms with Crippen molar-refractivity contribution >= 4 is 18.1 Å². The molecule has 1 aromatic carbocycles. The average molecular weight is 388 g/mol. The molecule has 2 aromatic heterocycles. The number of hydrogen-bond acceptors (Lipinski definition) is 7. The van der Waals surface area contributed by atoms with Crippen molar-refractivity contribution in [3.63, 3.8) is 0 Å². The Morgan fingerprint density at radius 3 is 2.93 bits per heavy atom. The number of esters is 1. The minimum atomic E-state index is -0.455. The number of carbonyl (C=O) groups excluding carboxylic acids is 1. The standard InChI is InChI=1S/C21H16N4O4/c1-27-14-7-4-8-15-16(11-22)18(23-17(15)10-14)20-24-19(25-29-20)12-5-3-6-13(9-12)21(26)28-2/h3,5-10,23H,4H2,1-2H3. The van der Waals surface area contributed by atoms with Gasteiger partial charge in [-0.1, -0.05) is 23.4 Å². The third-order valence-electron chi connectivity index (χ3n) is 4.53. The average Bonchev–Trinajstić information content (AvgIpc) is 3.32. The maximum Gasteiger partial charge on any atom is 0.337 e. The van der Waals surface area contributed by atoms with E-state index in [0.717, 1.165) is 10.6 Å². The topological polar surface area (TPSA) is 114 Å². The van der Waals surface area contributed by atoms with Crippen LogP contribution in [0, 0.1) is 11.3 Å². The van der Waals surface area contributed by atoms with Crippen LogP contribution in [-0.2, 0) is 9.47 Å². The van der Waals surface area contributed by atoms with Gasteiger partial charge in [0, 0.05) is 16.9 Å². The smallest absolute Gasteiger partial charge is 0.337 e.